The molecule has 4 nitrogen and oxygen atoms in total. The van der Waals surface area contributed by atoms with Crippen molar-refractivity contribution in [2.75, 3.05) is 26.2 Å². The van der Waals surface area contributed by atoms with Gasteiger partial charge in [0.1, 0.15) is 0 Å². The van der Waals surface area contributed by atoms with E-state index in [0.29, 0.717) is 12.5 Å². The van der Waals surface area contributed by atoms with Crippen molar-refractivity contribution < 1.29 is 9.53 Å². The van der Waals surface area contributed by atoms with Crippen molar-refractivity contribution in [2.24, 2.45) is 16.8 Å². The highest BCUT2D eigenvalue weighted by Crippen LogP contribution is 2.37. The molecule has 0 radical (unpaired) electrons. The molecule has 19 heavy (non-hydrogen) atoms. The van der Waals surface area contributed by atoms with Gasteiger partial charge in [0.2, 0.25) is 0 Å². The Morgan fingerprint density at radius 1 is 1.47 bits per heavy atom. The molecule has 102 valence electrons. The van der Waals surface area contributed by atoms with Crippen LogP contribution in [0.2, 0.25) is 0 Å². The van der Waals surface area contributed by atoms with E-state index in [0.717, 1.165) is 32.5 Å². The quantitative estimate of drug-likeness (QED) is 0.724. The Kier molecular flexibility index (Phi) is 3.51. The minimum Gasteiger partial charge on any atom is -0.466 e. The minimum atomic E-state index is -0.0160. The molecule has 2 heterocycles. The van der Waals surface area contributed by atoms with E-state index in [-0.39, 0.29) is 11.9 Å². The SMILES string of the molecule is CCOC(=O)C1CCN(CC2c3ccnc2c3)CC1. The van der Waals surface area contributed by atoms with Crippen LogP contribution in [0.15, 0.2) is 28.4 Å². The number of piperidine rings is 1. The largest absolute Gasteiger partial charge is 0.466 e. The molecule has 1 atom stereocenters. The number of allylic oxidation sites excluding steroid dienone is 2. The van der Waals surface area contributed by atoms with Gasteiger partial charge >= 0.3 is 5.97 Å². The summed E-state index contributed by atoms with van der Waals surface area (Å²) in [6.07, 6.45) is 7.99. The third-order valence-corrected chi connectivity index (χ3v) is 4.21. The van der Waals surface area contributed by atoms with Gasteiger partial charge in [0.15, 0.2) is 0 Å². The van der Waals surface area contributed by atoms with E-state index in [2.05, 4.69) is 22.0 Å². The van der Waals surface area contributed by atoms with Crippen molar-refractivity contribution in [1.82, 2.24) is 4.90 Å². The zero-order valence-corrected chi connectivity index (χ0v) is 11.3. The first-order valence-electron chi connectivity index (χ1n) is 7.12. The second-order valence-corrected chi connectivity index (χ2v) is 5.39. The van der Waals surface area contributed by atoms with Gasteiger partial charge in [-0.25, -0.2) is 0 Å². The standard InChI is InChI=1S/C15H20N2O2/c1-2-19-15(18)11-4-7-17(8-5-11)10-13-12-3-6-16-14(13)9-12/h3,6,9,11,13H,2,4-5,7-8,10H2,1H3. The van der Waals surface area contributed by atoms with Crippen LogP contribution in [-0.4, -0.2) is 43.3 Å². The second-order valence-electron chi connectivity index (χ2n) is 5.39. The van der Waals surface area contributed by atoms with Crippen LogP contribution in [-0.2, 0) is 9.53 Å². The summed E-state index contributed by atoms with van der Waals surface area (Å²) in [5, 5.41) is 0. The van der Waals surface area contributed by atoms with Crippen molar-refractivity contribution in [3.05, 3.63) is 23.4 Å². The Labute approximate surface area is 113 Å². The first-order chi connectivity index (χ1) is 9.28. The zero-order chi connectivity index (χ0) is 13.2. The van der Waals surface area contributed by atoms with Gasteiger partial charge in [0, 0.05) is 24.4 Å². The van der Waals surface area contributed by atoms with Crippen molar-refractivity contribution in [1.29, 1.82) is 0 Å². The highest BCUT2D eigenvalue weighted by Gasteiger charge is 2.32. The molecule has 0 aromatic heterocycles. The summed E-state index contributed by atoms with van der Waals surface area (Å²) < 4.78 is 5.10. The lowest BCUT2D eigenvalue weighted by molar-refractivity contribution is -0.149. The van der Waals surface area contributed by atoms with E-state index >= 15 is 0 Å². The molecule has 1 unspecified atom stereocenters. The summed E-state index contributed by atoms with van der Waals surface area (Å²) in [7, 11) is 0. The molecule has 1 fully saturated rings. The van der Waals surface area contributed by atoms with E-state index in [9.17, 15) is 4.79 Å². The topological polar surface area (TPSA) is 41.9 Å². The highest BCUT2D eigenvalue weighted by molar-refractivity contribution is 5.79. The molecule has 2 bridgehead atoms. The molecule has 4 heteroatoms. The van der Waals surface area contributed by atoms with Gasteiger partial charge in [-0.05, 0) is 50.6 Å². The van der Waals surface area contributed by atoms with Gasteiger partial charge < -0.3 is 9.64 Å². The summed E-state index contributed by atoms with van der Waals surface area (Å²) >= 11 is 0. The van der Waals surface area contributed by atoms with Crippen molar-refractivity contribution in [2.45, 2.75) is 19.8 Å². The van der Waals surface area contributed by atoms with Crippen LogP contribution in [0.3, 0.4) is 0 Å². The number of hydrogen-bond donors (Lipinski definition) is 0. The highest BCUT2D eigenvalue weighted by atomic mass is 16.5. The molecule has 0 aromatic carbocycles. The molecule has 0 spiro atoms. The normalized spacial score (nSPS) is 26.5. The van der Waals surface area contributed by atoms with Crippen LogP contribution in [0.5, 0.6) is 0 Å². The van der Waals surface area contributed by atoms with E-state index < -0.39 is 0 Å². The number of dihydropyridines is 1. The van der Waals surface area contributed by atoms with Gasteiger partial charge in [0.05, 0.1) is 12.5 Å². The summed E-state index contributed by atoms with van der Waals surface area (Å²) in [5.74, 6) is 0.593. The maximum absolute atomic E-state index is 11.7. The number of esters is 1. The van der Waals surface area contributed by atoms with E-state index in [1.165, 1.54) is 11.3 Å². The fourth-order valence-corrected chi connectivity index (χ4v) is 3.02. The Bertz CT molecular complexity index is 445. The number of hydrogen-bond acceptors (Lipinski definition) is 4. The Morgan fingerprint density at radius 2 is 2.26 bits per heavy atom. The molecule has 3 aliphatic rings. The fraction of sp³-hybridized carbons (Fsp3) is 0.600. The van der Waals surface area contributed by atoms with Crippen LogP contribution < -0.4 is 0 Å². The molecule has 0 aromatic rings. The second kappa shape index (κ2) is 5.29. The van der Waals surface area contributed by atoms with E-state index in [1.807, 2.05) is 13.1 Å². The van der Waals surface area contributed by atoms with Crippen LogP contribution >= 0.6 is 0 Å². The maximum atomic E-state index is 11.7. The van der Waals surface area contributed by atoms with Crippen LogP contribution in [0.25, 0.3) is 0 Å². The third-order valence-electron chi connectivity index (χ3n) is 4.21. The van der Waals surface area contributed by atoms with Crippen LogP contribution in [0, 0.1) is 11.8 Å². The molecule has 1 aliphatic carbocycles. The lowest BCUT2D eigenvalue weighted by Crippen LogP contribution is -2.41. The van der Waals surface area contributed by atoms with Crippen molar-refractivity contribution in [3.63, 3.8) is 0 Å². The lowest BCUT2D eigenvalue weighted by atomic mass is 9.82. The van der Waals surface area contributed by atoms with Crippen LogP contribution in [0.1, 0.15) is 19.8 Å². The number of rotatable bonds is 4. The lowest BCUT2D eigenvalue weighted by Gasteiger charge is -2.37. The number of nitrogens with zero attached hydrogens (tertiary/aromatic N) is 2. The molecule has 3 rings (SSSR count). The van der Waals surface area contributed by atoms with Gasteiger partial charge in [-0.15, -0.1) is 0 Å². The Hall–Kier alpha value is -1.42. The maximum Gasteiger partial charge on any atom is 0.309 e. The zero-order valence-electron chi connectivity index (χ0n) is 11.3. The first-order valence-corrected chi connectivity index (χ1v) is 7.12. The average molecular weight is 260 g/mol. The summed E-state index contributed by atoms with van der Waals surface area (Å²) in [6, 6.07) is 0. The molecule has 2 aliphatic heterocycles. The first kappa shape index (κ1) is 12.6. The van der Waals surface area contributed by atoms with Crippen molar-refractivity contribution >= 4 is 12.2 Å². The number of carbonyl (C=O) groups excluding carboxylic acids is 1. The smallest absolute Gasteiger partial charge is 0.309 e. The third kappa shape index (κ3) is 2.50. The average Bonchev–Trinajstić information content (AvgIpc) is 2.46. The monoisotopic (exact) mass is 260 g/mol. The predicted octanol–water partition coefficient (Wildman–Crippen LogP) is 1.79. The summed E-state index contributed by atoms with van der Waals surface area (Å²) in [4.78, 5) is 18.5. The molecule has 1 saturated heterocycles. The number of likely N-dealkylation sites (tertiary alicyclic amines) is 1. The number of aliphatic imine (C=N–C) groups is 1. The van der Waals surface area contributed by atoms with E-state index in [1.54, 1.807) is 0 Å². The van der Waals surface area contributed by atoms with Gasteiger partial charge in [-0.3, -0.25) is 9.79 Å². The Balaban J connectivity index is 1.47. The molecule has 0 saturated carbocycles. The van der Waals surface area contributed by atoms with Crippen molar-refractivity contribution in [3.8, 4) is 0 Å². The van der Waals surface area contributed by atoms with E-state index in [4.69, 9.17) is 4.74 Å². The fourth-order valence-electron chi connectivity index (χ4n) is 3.02. The summed E-state index contributed by atoms with van der Waals surface area (Å²) in [5.41, 5.74) is 2.61. The van der Waals surface area contributed by atoms with Gasteiger partial charge in [0.25, 0.3) is 0 Å². The summed E-state index contributed by atoms with van der Waals surface area (Å²) in [6.45, 7) is 5.38. The molecular weight excluding hydrogens is 240 g/mol. The number of fused-ring (bicyclic) bond motifs is 2. The molecule has 0 N–H and O–H groups in total. The van der Waals surface area contributed by atoms with Gasteiger partial charge in [-0.2, -0.15) is 0 Å². The number of carbonyl (C=O) groups is 1. The molecule has 0 amide bonds. The van der Waals surface area contributed by atoms with Crippen LogP contribution in [0.4, 0.5) is 0 Å². The predicted molar refractivity (Wildman–Crippen MR) is 73.9 cm³/mol. The number of ether oxygens (including phenoxy) is 1. The molecular formula is C15H20N2O2. The van der Waals surface area contributed by atoms with Gasteiger partial charge in [-0.1, -0.05) is 0 Å². The Morgan fingerprint density at radius 3 is 2.84 bits per heavy atom. The minimum absolute atomic E-state index is 0.0160.